The fourth-order valence-corrected chi connectivity index (χ4v) is 5.47. The van der Waals surface area contributed by atoms with Crippen LogP contribution in [0.4, 0.5) is 4.79 Å². The molecule has 5 rings (SSSR count). The minimum absolute atomic E-state index is 0.0657. The molecule has 1 aliphatic heterocycles. The summed E-state index contributed by atoms with van der Waals surface area (Å²) >= 11 is 0. The lowest BCUT2D eigenvalue weighted by Gasteiger charge is -2.43. The lowest BCUT2D eigenvalue weighted by Crippen LogP contribution is -2.44. The third kappa shape index (κ3) is 4.28. The molecule has 176 valence electrons. The summed E-state index contributed by atoms with van der Waals surface area (Å²) < 4.78 is 13.5. The molecule has 2 atom stereocenters. The number of benzene rings is 1. The molecule has 3 aromatic rings. The molecule has 1 saturated heterocycles. The van der Waals surface area contributed by atoms with Gasteiger partial charge in [0.2, 0.25) is 5.88 Å². The first-order valence-electron chi connectivity index (χ1n) is 11.7. The minimum Gasteiger partial charge on any atom is -0.477 e. The van der Waals surface area contributed by atoms with E-state index in [0.717, 1.165) is 43.3 Å². The number of hydrogen-bond donors (Lipinski definition) is 0. The molecule has 0 N–H and O–H groups in total. The predicted molar refractivity (Wildman–Crippen MR) is 124 cm³/mol. The number of carbonyl (C=O) groups is 1. The Morgan fingerprint density at radius 2 is 2.12 bits per heavy atom. The highest BCUT2D eigenvalue weighted by Crippen LogP contribution is 2.47. The molecule has 1 saturated carbocycles. The van der Waals surface area contributed by atoms with E-state index < -0.39 is 5.60 Å². The number of amides is 1. The summed E-state index contributed by atoms with van der Waals surface area (Å²) in [5.74, 6) is 0.476. The lowest BCUT2D eigenvalue weighted by atomic mass is 9.68. The van der Waals surface area contributed by atoms with Crippen LogP contribution in [0.1, 0.15) is 50.8 Å². The van der Waals surface area contributed by atoms with Gasteiger partial charge in [-0.05, 0) is 56.2 Å². The topological polar surface area (TPSA) is 106 Å². The number of nitriles is 1. The number of hydrogen-bond acceptors (Lipinski definition) is 7. The van der Waals surface area contributed by atoms with E-state index in [1.807, 2.05) is 25.4 Å². The van der Waals surface area contributed by atoms with Gasteiger partial charge in [0.15, 0.2) is 0 Å². The van der Waals surface area contributed by atoms with E-state index in [1.54, 1.807) is 23.4 Å². The van der Waals surface area contributed by atoms with Crippen LogP contribution < -0.4 is 4.74 Å². The van der Waals surface area contributed by atoms with Gasteiger partial charge in [0, 0.05) is 6.54 Å². The zero-order chi connectivity index (χ0) is 23.8. The third-order valence-corrected chi connectivity index (χ3v) is 6.83. The van der Waals surface area contributed by atoms with Crippen molar-refractivity contribution in [1.29, 1.82) is 5.26 Å². The molecule has 1 aromatic carbocycles. The number of imidazole rings is 1. The van der Waals surface area contributed by atoms with Crippen molar-refractivity contribution in [1.82, 2.24) is 24.4 Å². The summed E-state index contributed by atoms with van der Waals surface area (Å²) in [7, 11) is 0. The average molecular weight is 461 g/mol. The number of aromatic nitrogens is 4. The van der Waals surface area contributed by atoms with Crippen molar-refractivity contribution >= 4 is 17.1 Å². The van der Waals surface area contributed by atoms with Crippen LogP contribution in [0.2, 0.25) is 0 Å². The molecule has 3 heterocycles. The van der Waals surface area contributed by atoms with Gasteiger partial charge in [-0.25, -0.2) is 14.8 Å². The van der Waals surface area contributed by atoms with Crippen molar-refractivity contribution in [3.05, 3.63) is 48.2 Å². The van der Waals surface area contributed by atoms with Crippen LogP contribution in [0.15, 0.2) is 36.9 Å². The molecule has 1 amide bonds. The third-order valence-electron chi connectivity index (χ3n) is 6.83. The zero-order valence-electron chi connectivity index (χ0n) is 19.5. The zero-order valence-corrected chi connectivity index (χ0v) is 19.5. The fourth-order valence-electron chi connectivity index (χ4n) is 5.47. The van der Waals surface area contributed by atoms with Crippen LogP contribution in [-0.4, -0.2) is 49.3 Å². The highest BCUT2D eigenvalue weighted by Gasteiger charge is 2.51. The summed E-state index contributed by atoms with van der Waals surface area (Å²) in [5, 5.41) is 9.28. The van der Waals surface area contributed by atoms with Crippen LogP contribution in [0.5, 0.6) is 5.88 Å². The SMILES string of the molecule is CCOc1cnc(CN2CC3(CCC[C@](C)(Cn4cnc5ccc(C#N)cc54)C3)OC2=O)cn1. The molecular formula is C25H28N6O3. The summed E-state index contributed by atoms with van der Waals surface area (Å²) in [6.45, 7) is 6.33. The summed E-state index contributed by atoms with van der Waals surface area (Å²) in [4.78, 5) is 27.6. The Bertz CT molecular complexity index is 1250. The van der Waals surface area contributed by atoms with Crippen molar-refractivity contribution in [2.75, 3.05) is 13.2 Å². The molecule has 2 aliphatic rings. The van der Waals surface area contributed by atoms with E-state index >= 15 is 0 Å². The van der Waals surface area contributed by atoms with E-state index in [0.29, 0.717) is 36.8 Å². The quantitative estimate of drug-likeness (QED) is 0.546. The lowest BCUT2D eigenvalue weighted by molar-refractivity contribution is -0.0270. The molecule has 2 aromatic heterocycles. The standard InChI is InChI=1S/C25H28N6O3/c1-3-33-22-12-27-19(11-28-22)13-30-16-25(34-23(30)32)8-4-7-24(2,14-25)15-31-17-29-20-6-5-18(10-26)9-21(20)31/h5-6,9,11-12,17H,3-4,7-8,13-16H2,1-2H3/t24-,25?/m0/s1. The molecule has 1 aliphatic carbocycles. The van der Waals surface area contributed by atoms with Crippen molar-refractivity contribution in [2.45, 2.75) is 58.2 Å². The van der Waals surface area contributed by atoms with Crippen LogP contribution in [0.25, 0.3) is 11.0 Å². The number of nitrogens with zero attached hydrogens (tertiary/aromatic N) is 6. The minimum atomic E-state index is -0.503. The highest BCUT2D eigenvalue weighted by molar-refractivity contribution is 5.77. The van der Waals surface area contributed by atoms with Gasteiger partial charge in [0.05, 0.1) is 66.8 Å². The van der Waals surface area contributed by atoms with Crippen molar-refractivity contribution in [2.24, 2.45) is 5.41 Å². The second-order valence-electron chi connectivity index (χ2n) is 9.71. The Balaban J connectivity index is 1.30. The van der Waals surface area contributed by atoms with Crippen LogP contribution in [0.3, 0.4) is 0 Å². The maximum atomic E-state index is 12.8. The molecule has 0 bridgehead atoms. The Kier molecular flexibility index (Phi) is 5.60. The molecular weight excluding hydrogens is 432 g/mol. The summed E-state index contributed by atoms with van der Waals surface area (Å²) in [6.07, 6.45) is 8.42. The van der Waals surface area contributed by atoms with E-state index in [9.17, 15) is 10.1 Å². The summed E-state index contributed by atoms with van der Waals surface area (Å²) in [5.41, 5.74) is 2.59. The fraction of sp³-hybridized carbons (Fsp3) is 0.480. The second kappa shape index (κ2) is 8.60. The monoisotopic (exact) mass is 460 g/mol. The first-order chi connectivity index (χ1) is 16.4. The molecule has 9 heteroatoms. The van der Waals surface area contributed by atoms with Crippen LogP contribution in [-0.2, 0) is 17.8 Å². The average Bonchev–Trinajstić information content (AvgIpc) is 3.34. The maximum absolute atomic E-state index is 12.8. The molecule has 2 fully saturated rings. The van der Waals surface area contributed by atoms with Crippen molar-refractivity contribution < 1.29 is 14.3 Å². The number of fused-ring (bicyclic) bond motifs is 1. The highest BCUT2D eigenvalue weighted by atomic mass is 16.6. The normalized spacial score (nSPS) is 24.4. The predicted octanol–water partition coefficient (Wildman–Crippen LogP) is 4.07. The van der Waals surface area contributed by atoms with E-state index in [1.165, 1.54) is 0 Å². The molecule has 0 radical (unpaired) electrons. The van der Waals surface area contributed by atoms with E-state index in [2.05, 4.69) is 32.5 Å². The maximum Gasteiger partial charge on any atom is 0.410 e. The molecule has 1 spiro atoms. The van der Waals surface area contributed by atoms with E-state index in [4.69, 9.17) is 9.47 Å². The number of carbonyl (C=O) groups excluding carboxylic acids is 1. The Labute approximate surface area is 198 Å². The van der Waals surface area contributed by atoms with Crippen LogP contribution in [0, 0.1) is 16.7 Å². The van der Waals surface area contributed by atoms with Gasteiger partial charge in [-0.15, -0.1) is 0 Å². The first-order valence-corrected chi connectivity index (χ1v) is 11.7. The van der Waals surface area contributed by atoms with Gasteiger partial charge < -0.3 is 14.0 Å². The Morgan fingerprint density at radius 3 is 2.88 bits per heavy atom. The van der Waals surface area contributed by atoms with Gasteiger partial charge in [-0.1, -0.05) is 6.92 Å². The molecule has 34 heavy (non-hydrogen) atoms. The van der Waals surface area contributed by atoms with Crippen molar-refractivity contribution in [3.63, 3.8) is 0 Å². The molecule has 1 unspecified atom stereocenters. The molecule has 9 nitrogen and oxygen atoms in total. The van der Waals surface area contributed by atoms with Crippen molar-refractivity contribution in [3.8, 4) is 11.9 Å². The Morgan fingerprint density at radius 1 is 1.24 bits per heavy atom. The second-order valence-corrected chi connectivity index (χ2v) is 9.71. The van der Waals surface area contributed by atoms with Gasteiger partial charge >= 0.3 is 6.09 Å². The van der Waals surface area contributed by atoms with Gasteiger partial charge in [0.25, 0.3) is 0 Å². The number of ether oxygens (including phenoxy) is 2. The van der Waals surface area contributed by atoms with Gasteiger partial charge in [-0.3, -0.25) is 9.88 Å². The number of rotatable bonds is 6. The summed E-state index contributed by atoms with van der Waals surface area (Å²) in [6, 6.07) is 7.77. The largest absolute Gasteiger partial charge is 0.477 e. The van der Waals surface area contributed by atoms with Crippen LogP contribution >= 0.6 is 0 Å². The smallest absolute Gasteiger partial charge is 0.410 e. The van der Waals surface area contributed by atoms with Gasteiger partial charge in [0.1, 0.15) is 5.60 Å². The van der Waals surface area contributed by atoms with Gasteiger partial charge in [-0.2, -0.15) is 5.26 Å². The van der Waals surface area contributed by atoms with E-state index in [-0.39, 0.29) is 11.5 Å². The first kappa shape index (κ1) is 22.1. The Hall–Kier alpha value is -3.67.